The average Bonchev–Trinajstić information content (AvgIpc) is 2.79. The summed E-state index contributed by atoms with van der Waals surface area (Å²) in [6.07, 6.45) is 1.76. The number of rotatable bonds is 3. The number of carbonyl (C=O) groups excluding carboxylic acids is 1. The number of aromatic nitrogens is 1. The van der Waals surface area contributed by atoms with Crippen molar-refractivity contribution >= 4 is 17.2 Å². The third-order valence-corrected chi connectivity index (χ3v) is 3.89. The molecular formula is C14H15FN2OS. The molecule has 0 saturated carbocycles. The van der Waals surface area contributed by atoms with Gasteiger partial charge in [-0.25, -0.2) is 9.37 Å². The van der Waals surface area contributed by atoms with Crippen molar-refractivity contribution in [3.63, 3.8) is 0 Å². The molecule has 1 atom stereocenters. The Hall–Kier alpha value is -1.75. The Kier molecular flexibility index (Phi) is 3.95. The van der Waals surface area contributed by atoms with E-state index >= 15 is 0 Å². The highest BCUT2D eigenvalue weighted by Crippen LogP contribution is 2.20. The number of hydrogen-bond acceptors (Lipinski definition) is 3. The molecule has 1 N–H and O–H groups in total. The largest absolute Gasteiger partial charge is 0.343 e. The van der Waals surface area contributed by atoms with Crippen LogP contribution in [0.5, 0.6) is 0 Å². The van der Waals surface area contributed by atoms with Gasteiger partial charge in [0.2, 0.25) is 0 Å². The Morgan fingerprint density at radius 2 is 2.16 bits per heavy atom. The van der Waals surface area contributed by atoms with Crippen LogP contribution in [0.2, 0.25) is 0 Å². The molecule has 1 aromatic carbocycles. The number of benzene rings is 1. The Bertz CT molecular complexity index is 609. The number of amides is 1. The summed E-state index contributed by atoms with van der Waals surface area (Å²) in [6.45, 7) is 5.43. The minimum absolute atomic E-state index is 0.0696. The zero-order chi connectivity index (χ0) is 14.0. The van der Waals surface area contributed by atoms with Crippen molar-refractivity contribution in [2.75, 3.05) is 0 Å². The van der Waals surface area contributed by atoms with Gasteiger partial charge in [-0.3, -0.25) is 4.79 Å². The zero-order valence-electron chi connectivity index (χ0n) is 11.0. The lowest BCUT2D eigenvalue weighted by atomic mass is 10.1. The lowest BCUT2D eigenvalue weighted by Crippen LogP contribution is -2.27. The summed E-state index contributed by atoms with van der Waals surface area (Å²) in [5.41, 5.74) is 0.533. The number of halogens is 1. The molecule has 0 bridgehead atoms. The van der Waals surface area contributed by atoms with Crippen molar-refractivity contribution in [2.24, 2.45) is 0 Å². The van der Waals surface area contributed by atoms with E-state index in [2.05, 4.69) is 10.3 Å². The predicted molar refractivity (Wildman–Crippen MR) is 73.9 cm³/mol. The highest BCUT2D eigenvalue weighted by Gasteiger charge is 2.17. The summed E-state index contributed by atoms with van der Waals surface area (Å²) in [4.78, 5) is 17.3. The van der Waals surface area contributed by atoms with Gasteiger partial charge in [-0.1, -0.05) is 12.1 Å². The Labute approximate surface area is 115 Å². The summed E-state index contributed by atoms with van der Waals surface area (Å²) in [7, 11) is 0. The van der Waals surface area contributed by atoms with Gasteiger partial charge in [0, 0.05) is 11.1 Å². The lowest BCUT2D eigenvalue weighted by Gasteiger charge is -2.12. The van der Waals surface area contributed by atoms with Crippen molar-refractivity contribution in [3.8, 4) is 0 Å². The smallest absolute Gasteiger partial charge is 0.254 e. The summed E-state index contributed by atoms with van der Waals surface area (Å²) >= 11 is 1.52. The second-order valence-corrected chi connectivity index (χ2v) is 5.71. The normalized spacial score (nSPS) is 12.2. The van der Waals surface area contributed by atoms with Crippen molar-refractivity contribution in [3.05, 3.63) is 51.2 Å². The number of nitrogens with one attached hydrogen (secondary N) is 1. The van der Waals surface area contributed by atoms with Crippen LogP contribution in [0.3, 0.4) is 0 Å². The van der Waals surface area contributed by atoms with E-state index in [0.717, 1.165) is 9.88 Å². The first-order valence-corrected chi connectivity index (χ1v) is 6.79. The third kappa shape index (κ3) is 2.98. The highest BCUT2D eigenvalue weighted by atomic mass is 32.1. The highest BCUT2D eigenvalue weighted by molar-refractivity contribution is 7.11. The maximum atomic E-state index is 13.8. The van der Waals surface area contributed by atoms with Crippen LogP contribution in [0.1, 0.15) is 38.8 Å². The molecule has 1 heterocycles. The number of thiazole rings is 1. The van der Waals surface area contributed by atoms with E-state index in [9.17, 15) is 9.18 Å². The topological polar surface area (TPSA) is 42.0 Å². The van der Waals surface area contributed by atoms with E-state index in [4.69, 9.17) is 0 Å². The van der Waals surface area contributed by atoms with Crippen LogP contribution in [0.25, 0.3) is 0 Å². The molecule has 1 unspecified atom stereocenters. The van der Waals surface area contributed by atoms with E-state index in [-0.39, 0.29) is 11.6 Å². The molecule has 2 rings (SSSR count). The van der Waals surface area contributed by atoms with Crippen LogP contribution in [0, 0.1) is 19.7 Å². The molecule has 0 fully saturated rings. The Balaban J connectivity index is 2.15. The van der Waals surface area contributed by atoms with Crippen LogP contribution in [0.4, 0.5) is 4.39 Å². The lowest BCUT2D eigenvalue weighted by molar-refractivity contribution is 0.0935. The molecule has 3 nitrogen and oxygen atoms in total. The molecular weight excluding hydrogens is 263 g/mol. The molecule has 0 radical (unpaired) electrons. The van der Waals surface area contributed by atoms with Gasteiger partial charge in [0.25, 0.3) is 5.91 Å². The van der Waals surface area contributed by atoms with Gasteiger partial charge in [0.05, 0.1) is 11.6 Å². The minimum Gasteiger partial charge on any atom is -0.343 e. The molecule has 100 valence electrons. The Morgan fingerprint density at radius 1 is 1.42 bits per heavy atom. The second kappa shape index (κ2) is 5.48. The van der Waals surface area contributed by atoms with Crippen LogP contribution in [-0.2, 0) is 0 Å². The standard InChI is InChI=1S/C14H15FN2OS/c1-8-5-4-6-11(12(8)15)13(18)17-10(3)14-16-7-9(2)19-14/h4-7,10H,1-3H3,(H,17,18). The van der Waals surface area contributed by atoms with E-state index < -0.39 is 11.7 Å². The molecule has 2 aromatic rings. The molecule has 0 saturated heterocycles. The maximum absolute atomic E-state index is 13.8. The fraction of sp³-hybridized carbons (Fsp3) is 0.286. The van der Waals surface area contributed by atoms with Crippen LogP contribution < -0.4 is 5.32 Å². The van der Waals surface area contributed by atoms with E-state index in [1.165, 1.54) is 17.4 Å². The van der Waals surface area contributed by atoms with Crippen molar-refractivity contribution in [2.45, 2.75) is 26.8 Å². The first-order chi connectivity index (χ1) is 8.99. The van der Waals surface area contributed by atoms with Gasteiger partial charge in [-0.15, -0.1) is 11.3 Å². The fourth-order valence-electron chi connectivity index (χ4n) is 1.73. The first-order valence-electron chi connectivity index (χ1n) is 5.97. The van der Waals surface area contributed by atoms with Crippen molar-refractivity contribution < 1.29 is 9.18 Å². The fourth-order valence-corrected chi connectivity index (χ4v) is 2.51. The van der Waals surface area contributed by atoms with E-state index in [1.54, 1.807) is 25.3 Å². The molecule has 0 aliphatic carbocycles. The van der Waals surface area contributed by atoms with Crippen LogP contribution >= 0.6 is 11.3 Å². The Morgan fingerprint density at radius 3 is 2.79 bits per heavy atom. The summed E-state index contributed by atoms with van der Waals surface area (Å²) in [5.74, 6) is -0.885. The molecule has 1 aromatic heterocycles. The number of hydrogen-bond donors (Lipinski definition) is 1. The molecule has 5 heteroatoms. The van der Waals surface area contributed by atoms with Gasteiger partial charge in [0.1, 0.15) is 10.8 Å². The van der Waals surface area contributed by atoms with E-state index in [1.807, 2.05) is 13.8 Å². The SMILES string of the molecule is Cc1cnc(C(C)NC(=O)c2cccc(C)c2F)s1. The molecule has 1 amide bonds. The third-order valence-electron chi connectivity index (χ3n) is 2.79. The van der Waals surface area contributed by atoms with Gasteiger partial charge in [0.15, 0.2) is 0 Å². The first kappa shape index (κ1) is 13.7. The second-order valence-electron chi connectivity index (χ2n) is 4.44. The van der Waals surface area contributed by atoms with Crippen LogP contribution in [-0.4, -0.2) is 10.9 Å². The van der Waals surface area contributed by atoms with Gasteiger partial charge >= 0.3 is 0 Å². The number of aryl methyl sites for hydroxylation is 2. The van der Waals surface area contributed by atoms with Gasteiger partial charge < -0.3 is 5.32 Å². The summed E-state index contributed by atoms with van der Waals surface area (Å²) in [6, 6.07) is 4.56. The summed E-state index contributed by atoms with van der Waals surface area (Å²) < 4.78 is 13.8. The number of nitrogens with zero attached hydrogens (tertiary/aromatic N) is 1. The van der Waals surface area contributed by atoms with Crippen molar-refractivity contribution in [1.82, 2.24) is 10.3 Å². The minimum atomic E-state index is -0.470. The van der Waals surface area contributed by atoms with Crippen LogP contribution in [0.15, 0.2) is 24.4 Å². The zero-order valence-corrected chi connectivity index (χ0v) is 11.8. The molecule has 0 aliphatic rings. The summed E-state index contributed by atoms with van der Waals surface area (Å²) in [5, 5.41) is 3.58. The predicted octanol–water partition coefficient (Wildman–Crippen LogP) is 3.39. The molecule has 19 heavy (non-hydrogen) atoms. The van der Waals surface area contributed by atoms with Gasteiger partial charge in [-0.2, -0.15) is 0 Å². The van der Waals surface area contributed by atoms with E-state index in [0.29, 0.717) is 5.56 Å². The monoisotopic (exact) mass is 278 g/mol. The number of carbonyl (C=O) groups is 1. The van der Waals surface area contributed by atoms with Crippen molar-refractivity contribution in [1.29, 1.82) is 0 Å². The quantitative estimate of drug-likeness (QED) is 0.935. The average molecular weight is 278 g/mol. The maximum Gasteiger partial charge on any atom is 0.254 e. The van der Waals surface area contributed by atoms with Gasteiger partial charge in [-0.05, 0) is 32.4 Å². The molecule has 0 aliphatic heterocycles. The molecule has 0 spiro atoms.